The lowest BCUT2D eigenvalue weighted by Crippen LogP contribution is -2.48. The topological polar surface area (TPSA) is 85.0 Å². The van der Waals surface area contributed by atoms with Gasteiger partial charge in [-0.3, -0.25) is 4.79 Å². The second-order valence-corrected chi connectivity index (χ2v) is 14.6. The summed E-state index contributed by atoms with van der Waals surface area (Å²) in [6.07, 6.45) is 11.0. The molecule has 1 aliphatic heterocycles. The maximum absolute atomic E-state index is 13.3. The Kier molecular flexibility index (Phi) is 8.98. The fourth-order valence-electron chi connectivity index (χ4n) is 6.92. The standard InChI is InChI=1S/C33H42ClN3O3S/c1-4-7-23(3)20-41(35,39)36-32(38)26-12-15-31-30(18-26)37(19-27-11-10-24(27)8-5-2)21-33(22-40-31)16-6-9-25-17-28(34)13-14-29(25)33/h4-5,12-15,17-18,23-24,27H,1-2,6-11,16,19-22H2,3H3,(H2,35,36,38,39)/t23-,24+,27-,33-,41+/m0/s1. The van der Waals surface area contributed by atoms with Crippen LogP contribution in [-0.4, -0.2) is 35.6 Å². The van der Waals surface area contributed by atoms with Crippen LogP contribution in [0.2, 0.25) is 5.02 Å². The van der Waals surface area contributed by atoms with Crippen LogP contribution in [0.15, 0.2) is 66.1 Å². The van der Waals surface area contributed by atoms with Gasteiger partial charge in [-0.25, -0.2) is 9.35 Å². The number of anilines is 1. The van der Waals surface area contributed by atoms with Gasteiger partial charge in [-0.05, 0) is 104 Å². The van der Waals surface area contributed by atoms with Crippen LogP contribution in [0.25, 0.3) is 0 Å². The number of aryl methyl sites for hydroxylation is 1. The molecule has 2 aliphatic carbocycles. The van der Waals surface area contributed by atoms with Gasteiger partial charge in [0, 0.05) is 34.8 Å². The first-order valence-electron chi connectivity index (χ1n) is 14.7. The van der Waals surface area contributed by atoms with Gasteiger partial charge in [0.15, 0.2) is 0 Å². The van der Waals surface area contributed by atoms with Crippen molar-refractivity contribution in [1.82, 2.24) is 0 Å². The van der Waals surface area contributed by atoms with Gasteiger partial charge in [0.05, 0.1) is 12.3 Å². The molecule has 1 heterocycles. The summed E-state index contributed by atoms with van der Waals surface area (Å²) >= 11 is 6.39. The van der Waals surface area contributed by atoms with E-state index in [1.807, 2.05) is 31.2 Å². The number of nitrogens with zero attached hydrogens (tertiary/aromatic N) is 2. The van der Waals surface area contributed by atoms with Gasteiger partial charge >= 0.3 is 0 Å². The molecule has 0 radical (unpaired) electrons. The monoisotopic (exact) mass is 595 g/mol. The highest BCUT2D eigenvalue weighted by molar-refractivity contribution is 7.91. The summed E-state index contributed by atoms with van der Waals surface area (Å²) in [7, 11) is -3.17. The molecule has 1 fully saturated rings. The number of allylic oxidation sites excluding steroid dienone is 2. The van der Waals surface area contributed by atoms with Gasteiger partial charge in [0.1, 0.15) is 15.7 Å². The molecule has 2 aromatic rings. The Hall–Kier alpha value is -2.61. The zero-order chi connectivity index (χ0) is 29.2. The molecule has 1 spiro atoms. The Morgan fingerprint density at radius 3 is 2.78 bits per heavy atom. The largest absolute Gasteiger partial charge is 0.490 e. The number of rotatable bonds is 9. The van der Waals surface area contributed by atoms with Crippen LogP contribution < -0.4 is 14.8 Å². The number of carbonyl (C=O) groups is 1. The van der Waals surface area contributed by atoms with E-state index < -0.39 is 15.8 Å². The van der Waals surface area contributed by atoms with Crippen LogP contribution in [0.5, 0.6) is 5.75 Å². The van der Waals surface area contributed by atoms with Gasteiger partial charge in [-0.2, -0.15) is 0 Å². The lowest BCUT2D eigenvalue weighted by molar-refractivity contribution is 0.100. The van der Waals surface area contributed by atoms with Gasteiger partial charge in [0.2, 0.25) is 0 Å². The molecule has 5 rings (SSSR count). The third-order valence-corrected chi connectivity index (χ3v) is 10.9. The predicted octanol–water partition coefficient (Wildman–Crippen LogP) is 7.11. The molecule has 0 bridgehead atoms. The number of halogens is 1. The minimum absolute atomic E-state index is 0.0212. The second-order valence-electron chi connectivity index (χ2n) is 12.3. The van der Waals surface area contributed by atoms with E-state index in [0.717, 1.165) is 55.2 Å². The predicted molar refractivity (Wildman–Crippen MR) is 169 cm³/mol. The van der Waals surface area contributed by atoms with E-state index in [-0.39, 0.29) is 17.1 Å². The summed E-state index contributed by atoms with van der Waals surface area (Å²) in [6.45, 7) is 11.9. The van der Waals surface area contributed by atoms with Crippen molar-refractivity contribution in [3.8, 4) is 5.75 Å². The van der Waals surface area contributed by atoms with E-state index >= 15 is 0 Å². The summed E-state index contributed by atoms with van der Waals surface area (Å²) < 4.78 is 23.6. The molecule has 1 saturated carbocycles. The van der Waals surface area contributed by atoms with Crippen LogP contribution >= 0.6 is 11.6 Å². The quantitative estimate of drug-likeness (QED) is 0.313. The molecular formula is C33H42ClN3O3S. The van der Waals surface area contributed by atoms with Gasteiger partial charge in [-0.15, -0.1) is 17.5 Å². The molecule has 3 aliphatic rings. The highest BCUT2D eigenvalue weighted by atomic mass is 35.5. The van der Waals surface area contributed by atoms with Crippen LogP contribution in [-0.2, 0) is 21.8 Å². The van der Waals surface area contributed by atoms with Crippen molar-refractivity contribution in [2.45, 2.75) is 57.3 Å². The maximum Gasteiger partial charge on any atom is 0.286 e. The van der Waals surface area contributed by atoms with E-state index in [0.29, 0.717) is 30.4 Å². The van der Waals surface area contributed by atoms with Crippen molar-refractivity contribution in [2.75, 3.05) is 30.3 Å². The first kappa shape index (κ1) is 29.9. The van der Waals surface area contributed by atoms with Crippen molar-refractivity contribution in [2.24, 2.45) is 27.3 Å². The average molecular weight is 596 g/mol. The second kappa shape index (κ2) is 12.3. The Morgan fingerprint density at radius 2 is 2.05 bits per heavy atom. The molecular weight excluding hydrogens is 554 g/mol. The smallest absolute Gasteiger partial charge is 0.286 e. The lowest BCUT2D eigenvalue weighted by Gasteiger charge is -2.44. The summed E-state index contributed by atoms with van der Waals surface area (Å²) in [5, 5.41) is 6.78. The summed E-state index contributed by atoms with van der Waals surface area (Å²) in [5.74, 6) is 1.52. The van der Waals surface area contributed by atoms with Crippen molar-refractivity contribution < 1.29 is 13.7 Å². The number of carbonyl (C=O) groups excluding carboxylic acids is 1. The molecule has 5 atom stereocenters. The Bertz CT molecular complexity index is 1450. The van der Waals surface area contributed by atoms with Crippen LogP contribution in [0, 0.1) is 17.8 Å². The van der Waals surface area contributed by atoms with Gasteiger partial charge in [-0.1, -0.05) is 36.7 Å². The number of benzene rings is 2. The van der Waals surface area contributed by atoms with Crippen LogP contribution in [0.4, 0.5) is 5.69 Å². The first-order chi connectivity index (χ1) is 19.6. The minimum Gasteiger partial charge on any atom is -0.490 e. The van der Waals surface area contributed by atoms with Crippen molar-refractivity contribution in [3.05, 3.63) is 83.4 Å². The maximum atomic E-state index is 13.3. The first-order valence-corrected chi connectivity index (χ1v) is 16.8. The Morgan fingerprint density at radius 1 is 1.24 bits per heavy atom. The lowest BCUT2D eigenvalue weighted by atomic mass is 9.69. The number of nitrogens with two attached hydrogens (primary N) is 1. The van der Waals surface area contributed by atoms with Gasteiger partial charge < -0.3 is 9.64 Å². The van der Waals surface area contributed by atoms with Gasteiger partial charge in [0.25, 0.3) is 5.91 Å². The van der Waals surface area contributed by atoms with Crippen LogP contribution in [0.3, 0.4) is 0 Å². The highest BCUT2D eigenvalue weighted by Gasteiger charge is 2.43. The summed E-state index contributed by atoms with van der Waals surface area (Å²) in [5.41, 5.74) is 3.68. The molecule has 6 nitrogen and oxygen atoms in total. The number of fused-ring (bicyclic) bond motifs is 3. The van der Waals surface area contributed by atoms with E-state index in [1.165, 1.54) is 24.0 Å². The molecule has 0 saturated heterocycles. The molecule has 220 valence electrons. The normalized spacial score (nSPS) is 25.4. The zero-order valence-electron chi connectivity index (χ0n) is 24.0. The molecule has 41 heavy (non-hydrogen) atoms. The number of ether oxygens (including phenoxy) is 1. The molecule has 1 amide bonds. The highest BCUT2D eigenvalue weighted by Crippen LogP contribution is 2.46. The third-order valence-electron chi connectivity index (χ3n) is 9.11. The SMILES string of the molecule is C=CC[C@H](C)C[S@](N)(=O)=NC(=O)c1ccc2c(c1)N(C[C@@H]1CC[C@H]1CC=C)C[C@@]1(CCCc3cc(Cl)ccc31)CO2. The van der Waals surface area contributed by atoms with E-state index in [9.17, 15) is 9.00 Å². The molecule has 8 heteroatoms. The molecule has 2 aromatic carbocycles. The molecule has 0 unspecified atom stereocenters. The Labute approximate surface area is 250 Å². The van der Waals surface area contributed by atoms with Crippen LogP contribution in [0.1, 0.15) is 66.9 Å². The minimum atomic E-state index is -3.17. The number of hydrogen-bond acceptors (Lipinski definition) is 4. The zero-order valence-corrected chi connectivity index (χ0v) is 25.6. The fraction of sp³-hybridized carbons (Fsp3) is 0.485. The van der Waals surface area contributed by atoms with E-state index in [2.05, 4.69) is 34.6 Å². The summed E-state index contributed by atoms with van der Waals surface area (Å²) in [6, 6.07) is 11.7. The van der Waals surface area contributed by atoms with E-state index in [1.54, 1.807) is 12.1 Å². The van der Waals surface area contributed by atoms with Crippen molar-refractivity contribution in [3.63, 3.8) is 0 Å². The Balaban J connectivity index is 1.50. The average Bonchev–Trinajstić information content (AvgIpc) is 3.06. The molecule has 2 N–H and O–H groups in total. The van der Waals surface area contributed by atoms with E-state index in [4.69, 9.17) is 21.5 Å². The number of hydrogen-bond donors (Lipinski definition) is 1. The van der Waals surface area contributed by atoms with Crippen molar-refractivity contribution >= 4 is 33.1 Å². The number of amides is 1. The summed E-state index contributed by atoms with van der Waals surface area (Å²) in [4.78, 5) is 15.7. The van der Waals surface area contributed by atoms with Crippen molar-refractivity contribution in [1.29, 1.82) is 0 Å². The fourth-order valence-corrected chi connectivity index (χ4v) is 8.53. The third kappa shape index (κ3) is 6.58. The molecule has 0 aromatic heterocycles.